The minimum Gasteiger partial charge on any atom is -0.379 e. The van der Waals surface area contributed by atoms with Gasteiger partial charge in [-0.1, -0.05) is 13.8 Å². The van der Waals surface area contributed by atoms with Crippen LogP contribution in [0.3, 0.4) is 0 Å². The van der Waals surface area contributed by atoms with Gasteiger partial charge in [0.25, 0.3) is 5.91 Å². The summed E-state index contributed by atoms with van der Waals surface area (Å²) in [6.45, 7) is 11.6. The van der Waals surface area contributed by atoms with Gasteiger partial charge < -0.3 is 15.4 Å². The molecular formula is C21H32N4O3. The zero-order chi connectivity index (χ0) is 20.1. The second-order valence-corrected chi connectivity index (χ2v) is 8.03. The van der Waals surface area contributed by atoms with Gasteiger partial charge in [0.2, 0.25) is 0 Å². The molecule has 7 nitrogen and oxygen atoms in total. The van der Waals surface area contributed by atoms with Crippen LogP contribution in [0.4, 0.5) is 10.5 Å². The van der Waals surface area contributed by atoms with Crippen LogP contribution in [0.1, 0.15) is 36.2 Å². The molecule has 1 aromatic rings. The highest BCUT2D eigenvalue weighted by atomic mass is 16.5. The summed E-state index contributed by atoms with van der Waals surface area (Å²) in [6.07, 6.45) is 1.04. The first-order valence-corrected chi connectivity index (χ1v) is 10.2. The highest BCUT2D eigenvalue weighted by molar-refractivity contribution is 5.97. The summed E-state index contributed by atoms with van der Waals surface area (Å²) in [5.74, 6) is 0.500. The predicted octanol–water partition coefficient (Wildman–Crippen LogP) is 2.00. The van der Waals surface area contributed by atoms with Crippen molar-refractivity contribution < 1.29 is 14.3 Å². The summed E-state index contributed by atoms with van der Waals surface area (Å²) >= 11 is 0. The van der Waals surface area contributed by atoms with Crippen molar-refractivity contribution >= 4 is 17.6 Å². The molecule has 154 valence electrons. The second kappa shape index (κ2) is 9.39. The number of nitrogens with zero attached hydrogens (tertiary/aromatic N) is 2. The topological polar surface area (TPSA) is 73.9 Å². The van der Waals surface area contributed by atoms with Crippen molar-refractivity contribution in [2.24, 2.45) is 5.92 Å². The summed E-state index contributed by atoms with van der Waals surface area (Å²) in [4.78, 5) is 28.7. The lowest BCUT2D eigenvalue weighted by atomic mass is 10.0. The van der Waals surface area contributed by atoms with Crippen LogP contribution in [0.15, 0.2) is 18.2 Å². The van der Waals surface area contributed by atoms with E-state index in [0.717, 1.165) is 44.0 Å². The molecule has 2 N–H and O–H groups in total. The van der Waals surface area contributed by atoms with E-state index in [1.54, 1.807) is 11.0 Å². The molecule has 3 rings (SSSR count). The molecule has 0 aromatic heterocycles. The van der Waals surface area contributed by atoms with Crippen LogP contribution in [0.25, 0.3) is 0 Å². The maximum atomic E-state index is 12.7. The third-order valence-electron chi connectivity index (χ3n) is 5.41. The van der Waals surface area contributed by atoms with Crippen LogP contribution in [-0.4, -0.2) is 68.8 Å². The van der Waals surface area contributed by atoms with E-state index in [4.69, 9.17) is 4.74 Å². The number of amides is 3. The number of urea groups is 1. The molecule has 0 bridgehead atoms. The molecule has 1 unspecified atom stereocenters. The number of ether oxygens (including phenoxy) is 1. The monoisotopic (exact) mass is 388 g/mol. The zero-order valence-corrected chi connectivity index (χ0v) is 17.2. The SMILES string of the molecule is Cc1cc(C(=O)NCC(CC(C)C)N2CCOCC2)ccc1N1CCNC1=O. The van der Waals surface area contributed by atoms with E-state index in [1.807, 2.05) is 19.1 Å². The smallest absolute Gasteiger partial charge is 0.322 e. The van der Waals surface area contributed by atoms with E-state index in [1.165, 1.54) is 0 Å². The molecule has 0 radical (unpaired) electrons. The van der Waals surface area contributed by atoms with Crippen LogP contribution in [0.2, 0.25) is 0 Å². The minimum atomic E-state index is -0.0812. The fraction of sp³-hybridized carbons (Fsp3) is 0.619. The Kier molecular flexibility index (Phi) is 6.91. The Morgan fingerprint density at radius 3 is 2.61 bits per heavy atom. The first-order chi connectivity index (χ1) is 13.5. The van der Waals surface area contributed by atoms with Crippen LogP contribution in [0, 0.1) is 12.8 Å². The molecule has 2 aliphatic heterocycles. The number of carbonyl (C=O) groups is 2. The molecule has 7 heteroatoms. The predicted molar refractivity (Wildman–Crippen MR) is 110 cm³/mol. The van der Waals surface area contributed by atoms with Crippen molar-refractivity contribution in [2.45, 2.75) is 33.2 Å². The van der Waals surface area contributed by atoms with Crippen molar-refractivity contribution in [3.8, 4) is 0 Å². The van der Waals surface area contributed by atoms with Crippen LogP contribution in [0.5, 0.6) is 0 Å². The number of carbonyl (C=O) groups excluding carboxylic acids is 2. The quantitative estimate of drug-likeness (QED) is 0.749. The number of rotatable bonds is 7. The van der Waals surface area contributed by atoms with Gasteiger partial charge in [-0.25, -0.2) is 4.79 Å². The molecule has 0 spiro atoms. The Morgan fingerprint density at radius 2 is 2.00 bits per heavy atom. The van der Waals surface area contributed by atoms with E-state index in [0.29, 0.717) is 37.2 Å². The van der Waals surface area contributed by atoms with Crippen LogP contribution >= 0.6 is 0 Å². The van der Waals surface area contributed by atoms with Gasteiger partial charge in [-0.05, 0) is 43.0 Å². The third-order valence-corrected chi connectivity index (χ3v) is 5.41. The van der Waals surface area contributed by atoms with Crippen LogP contribution in [-0.2, 0) is 4.74 Å². The summed E-state index contributed by atoms with van der Waals surface area (Å²) in [5, 5.41) is 5.92. The number of benzene rings is 1. The summed E-state index contributed by atoms with van der Waals surface area (Å²) in [6, 6.07) is 5.77. The molecule has 2 fully saturated rings. The van der Waals surface area contributed by atoms with E-state index in [2.05, 4.69) is 29.4 Å². The number of hydrogen-bond acceptors (Lipinski definition) is 4. The van der Waals surface area contributed by atoms with Crippen LogP contribution < -0.4 is 15.5 Å². The molecule has 28 heavy (non-hydrogen) atoms. The molecule has 2 aliphatic rings. The van der Waals surface area contributed by atoms with Crippen molar-refractivity contribution in [1.82, 2.24) is 15.5 Å². The number of hydrogen-bond donors (Lipinski definition) is 2. The van der Waals surface area contributed by atoms with Gasteiger partial charge in [-0.2, -0.15) is 0 Å². The van der Waals surface area contributed by atoms with E-state index in [9.17, 15) is 9.59 Å². The lowest BCUT2D eigenvalue weighted by Gasteiger charge is -2.35. The fourth-order valence-electron chi connectivity index (χ4n) is 3.96. The number of nitrogens with one attached hydrogen (secondary N) is 2. The highest BCUT2D eigenvalue weighted by Crippen LogP contribution is 2.23. The lowest BCUT2D eigenvalue weighted by molar-refractivity contribution is 0.0124. The maximum Gasteiger partial charge on any atom is 0.322 e. The first kappa shape index (κ1) is 20.6. The van der Waals surface area contributed by atoms with Crippen molar-refractivity contribution in [3.05, 3.63) is 29.3 Å². The van der Waals surface area contributed by atoms with E-state index < -0.39 is 0 Å². The molecule has 2 saturated heterocycles. The van der Waals surface area contributed by atoms with Gasteiger partial charge in [0.05, 0.1) is 13.2 Å². The first-order valence-electron chi connectivity index (χ1n) is 10.2. The Morgan fingerprint density at radius 1 is 1.25 bits per heavy atom. The fourth-order valence-corrected chi connectivity index (χ4v) is 3.96. The Hall–Kier alpha value is -2.12. The van der Waals surface area contributed by atoms with Crippen molar-refractivity contribution in [1.29, 1.82) is 0 Å². The average Bonchev–Trinajstić information content (AvgIpc) is 3.11. The van der Waals surface area contributed by atoms with Gasteiger partial charge in [0, 0.05) is 50.0 Å². The van der Waals surface area contributed by atoms with Crippen molar-refractivity contribution in [3.63, 3.8) is 0 Å². The van der Waals surface area contributed by atoms with Gasteiger partial charge in [-0.3, -0.25) is 14.6 Å². The normalized spacial score (nSPS) is 19.0. The Bertz CT molecular complexity index is 701. The standard InChI is InChI=1S/C21H32N4O3/c1-15(2)12-18(24-8-10-28-11-9-24)14-23-20(26)17-4-5-19(16(3)13-17)25-7-6-22-21(25)27/h4-5,13,15,18H,6-12,14H2,1-3H3,(H,22,27)(H,23,26). The van der Waals surface area contributed by atoms with E-state index in [-0.39, 0.29) is 11.9 Å². The summed E-state index contributed by atoms with van der Waals surface area (Å²) < 4.78 is 5.46. The second-order valence-electron chi connectivity index (χ2n) is 8.03. The minimum absolute atomic E-state index is 0.0671. The highest BCUT2D eigenvalue weighted by Gasteiger charge is 2.24. The molecule has 2 heterocycles. The molecule has 3 amide bonds. The molecular weight excluding hydrogens is 356 g/mol. The van der Waals surface area contributed by atoms with Gasteiger partial charge >= 0.3 is 6.03 Å². The Balaban J connectivity index is 1.62. The van der Waals surface area contributed by atoms with Crippen molar-refractivity contribution in [2.75, 3.05) is 50.8 Å². The molecule has 0 saturated carbocycles. The van der Waals surface area contributed by atoms with Gasteiger partial charge in [-0.15, -0.1) is 0 Å². The largest absolute Gasteiger partial charge is 0.379 e. The third kappa shape index (κ3) is 5.02. The lowest BCUT2D eigenvalue weighted by Crippen LogP contribution is -2.49. The summed E-state index contributed by atoms with van der Waals surface area (Å²) in [7, 11) is 0. The molecule has 1 aromatic carbocycles. The number of morpholine rings is 1. The molecule has 0 aliphatic carbocycles. The maximum absolute atomic E-state index is 12.7. The van der Waals surface area contributed by atoms with Gasteiger partial charge in [0.1, 0.15) is 0 Å². The number of anilines is 1. The van der Waals surface area contributed by atoms with Gasteiger partial charge in [0.15, 0.2) is 0 Å². The van der Waals surface area contributed by atoms with E-state index >= 15 is 0 Å². The molecule has 1 atom stereocenters. The average molecular weight is 389 g/mol. The Labute approximate surface area is 167 Å². The zero-order valence-electron chi connectivity index (χ0n) is 17.2. The summed E-state index contributed by atoms with van der Waals surface area (Å²) in [5.41, 5.74) is 2.42. The number of aryl methyl sites for hydroxylation is 1.